The molecule has 2 aromatic heterocycles. The van der Waals surface area contributed by atoms with Crippen molar-refractivity contribution in [2.45, 2.75) is 25.4 Å². The molecule has 0 unspecified atom stereocenters. The minimum atomic E-state index is -0.00346. The van der Waals surface area contributed by atoms with Crippen LogP contribution in [0.3, 0.4) is 0 Å². The fourth-order valence-corrected chi connectivity index (χ4v) is 3.66. The maximum atomic E-state index is 13.2. The normalized spacial score (nSPS) is 17.6. The standard InChI is InChI=1S/C19H19N5O/c20-7-10-24-17-6-2-1-4-15(17)12-18(24)19(25)22-9-3-5-16(13-22)23-11-8-21-14-23/h1-2,4,6,8,11-12,14,16H,3,5,9-10,13H2/t16-/m1/s1. The average molecular weight is 333 g/mol. The minimum absolute atomic E-state index is 0.00346. The SMILES string of the molecule is N#CCn1c(C(=O)N2CCC[C@@H](n3ccnc3)C2)cc2ccccc21. The molecule has 1 saturated heterocycles. The van der Waals surface area contributed by atoms with Gasteiger partial charge in [0, 0.05) is 36.4 Å². The highest BCUT2D eigenvalue weighted by atomic mass is 16.2. The van der Waals surface area contributed by atoms with Gasteiger partial charge in [0.2, 0.25) is 0 Å². The molecule has 0 saturated carbocycles. The third-order valence-electron chi connectivity index (χ3n) is 4.89. The number of rotatable bonds is 3. The van der Waals surface area contributed by atoms with Crippen LogP contribution < -0.4 is 0 Å². The molecule has 1 aliphatic rings. The Labute approximate surface area is 145 Å². The van der Waals surface area contributed by atoms with Gasteiger partial charge in [0.1, 0.15) is 12.2 Å². The zero-order valence-electron chi connectivity index (χ0n) is 13.9. The predicted molar refractivity (Wildman–Crippen MR) is 94.0 cm³/mol. The van der Waals surface area contributed by atoms with Gasteiger partial charge in [0.05, 0.1) is 18.4 Å². The molecule has 0 bridgehead atoms. The molecule has 1 aromatic carbocycles. The number of fused-ring (bicyclic) bond motifs is 1. The number of benzene rings is 1. The molecule has 25 heavy (non-hydrogen) atoms. The lowest BCUT2D eigenvalue weighted by Crippen LogP contribution is -2.41. The van der Waals surface area contributed by atoms with E-state index in [9.17, 15) is 10.1 Å². The van der Waals surface area contributed by atoms with E-state index in [0.29, 0.717) is 12.2 Å². The van der Waals surface area contributed by atoms with Gasteiger partial charge >= 0.3 is 0 Å². The van der Waals surface area contributed by atoms with E-state index in [4.69, 9.17) is 0 Å². The van der Waals surface area contributed by atoms with Crippen LogP contribution >= 0.6 is 0 Å². The fraction of sp³-hybridized carbons (Fsp3) is 0.316. The fourth-order valence-electron chi connectivity index (χ4n) is 3.66. The maximum absolute atomic E-state index is 13.2. The van der Waals surface area contributed by atoms with Gasteiger partial charge in [0.25, 0.3) is 5.91 Å². The van der Waals surface area contributed by atoms with Gasteiger partial charge in [-0.2, -0.15) is 5.26 Å². The Morgan fingerprint density at radius 1 is 1.36 bits per heavy atom. The summed E-state index contributed by atoms with van der Waals surface area (Å²) < 4.78 is 3.89. The summed E-state index contributed by atoms with van der Waals surface area (Å²) in [6.45, 7) is 1.59. The molecule has 3 heterocycles. The Bertz CT molecular complexity index is 935. The molecule has 6 nitrogen and oxygen atoms in total. The molecule has 0 aliphatic carbocycles. The number of amides is 1. The molecule has 0 N–H and O–H groups in total. The highest BCUT2D eigenvalue weighted by molar-refractivity contribution is 5.98. The summed E-state index contributed by atoms with van der Waals surface area (Å²) in [5, 5.41) is 10.2. The van der Waals surface area contributed by atoms with Crippen LogP contribution in [0.2, 0.25) is 0 Å². The van der Waals surface area contributed by atoms with Crippen LogP contribution in [0.25, 0.3) is 10.9 Å². The highest BCUT2D eigenvalue weighted by Gasteiger charge is 2.27. The van der Waals surface area contributed by atoms with Gasteiger partial charge in [0.15, 0.2) is 0 Å². The Hall–Kier alpha value is -3.07. The zero-order chi connectivity index (χ0) is 17.2. The van der Waals surface area contributed by atoms with Gasteiger partial charge in [-0.25, -0.2) is 4.98 Å². The molecular formula is C19H19N5O. The summed E-state index contributed by atoms with van der Waals surface area (Å²) in [5.74, 6) is -0.00346. The Kier molecular flexibility index (Phi) is 3.98. The van der Waals surface area contributed by atoms with E-state index in [-0.39, 0.29) is 18.5 Å². The molecule has 0 radical (unpaired) electrons. The largest absolute Gasteiger partial charge is 0.335 e. The quantitative estimate of drug-likeness (QED) is 0.740. The van der Waals surface area contributed by atoms with Crippen molar-refractivity contribution in [3.8, 4) is 6.07 Å². The van der Waals surface area contributed by atoms with E-state index >= 15 is 0 Å². The van der Waals surface area contributed by atoms with E-state index in [1.54, 1.807) is 6.20 Å². The summed E-state index contributed by atoms with van der Waals surface area (Å²) in [5.41, 5.74) is 1.52. The lowest BCUT2D eigenvalue weighted by molar-refractivity contribution is 0.0669. The second kappa shape index (κ2) is 6.44. The van der Waals surface area contributed by atoms with Crippen LogP contribution in [0, 0.1) is 11.3 Å². The van der Waals surface area contributed by atoms with Crippen molar-refractivity contribution < 1.29 is 4.79 Å². The van der Waals surface area contributed by atoms with Crippen molar-refractivity contribution in [2.24, 2.45) is 0 Å². The monoisotopic (exact) mass is 333 g/mol. The molecule has 1 amide bonds. The van der Waals surface area contributed by atoms with Crippen molar-refractivity contribution in [1.82, 2.24) is 19.0 Å². The highest BCUT2D eigenvalue weighted by Crippen LogP contribution is 2.25. The number of aromatic nitrogens is 3. The van der Waals surface area contributed by atoms with Gasteiger partial charge in [-0.1, -0.05) is 18.2 Å². The predicted octanol–water partition coefficient (Wildman–Crippen LogP) is 2.84. The smallest absolute Gasteiger partial charge is 0.270 e. The molecule has 1 aliphatic heterocycles. The van der Waals surface area contributed by atoms with Crippen LogP contribution in [0.5, 0.6) is 0 Å². The first-order chi connectivity index (χ1) is 12.3. The Balaban J connectivity index is 1.65. The van der Waals surface area contributed by atoms with Crippen molar-refractivity contribution in [3.05, 3.63) is 54.7 Å². The van der Waals surface area contributed by atoms with Crippen molar-refractivity contribution in [1.29, 1.82) is 5.26 Å². The van der Waals surface area contributed by atoms with Gasteiger partial charge in [-0.3, -0.25) is 4.79 Å². The molecule has 1 atom stereocenters. The first-order valence-electron chi connectivity index (χ1n) is 8.50. The molecule has 1 fully saturated rings. The molecule has 0 spiro atoms. The average Bonchev–Trinajstić information content (AvgIpc) is 3.30. The van der Waals surface area contributed by atoms with Crippen LogP contribution in [0.15, 0.2) is 49.1 Å². The van der Waals surface area contributed by atoms with Gasteiger partial charge in [-0.15, -0.1) is 0 Å². The van der Waals surface area contributed by atoms with Crippen LogP contribution in [-0.2, 0) is 6.54 Å². The van der Waals surface area contributed by atoms with Crippen LogP contribution in [-0.4, -0.2) is 38.0 Å². The van der Waals surface area contributed by atoms with Crippen LogP contribution in [0.1, 0.15) is 29.4 Å². The number of likely N-dealkylation sites (tertiary alicyclic amines) is 1. The number of hydrogen-bond donors (Lipinski definition) is 0. The van der Waals surface area contributed by atoms with Gasteiger partial charge in [-0.05, 0) is 25.0 Å². The van der Waals surface area contributed by atoms with E-state index in [1.165, 1.54) is 0 Å². The maximum Gasteiger partial charge on any atom is 0.270 e. The summed E-state index contributed by atoms with van der Waals surface area (Å²) in [6.07, 6.45) is 7.54. The summed E-state index contributed by atoms with van der Waals surface area (Å²) in [7, 11) is 0. The van der Waals surface area contributed by atoms with E-state index in [0.717, 1.165) is 30.3 Å². The number of carbonyl (C=O) groups excluding carboxylic acids is 1. The molecular weight excluding hydrogens is 314 g/mol. The van der Waals surface area contributed by atoms with Crippen molar-refractivity contribution in [2.75, 3.05) is 13.1 Å². The van der Waals surface area contributed by atoms with Crippen molar-refractivity contribution >= 4 is 16.8 Å². The number of hydrogen-bond acceptors (Lipinski definition) is 3. The van der Waals surface area contributed by atoms with E-state index < -0.39 is 0 Å². The third kappa shape index (κ3) is 2.78. The van der Waals surface area contributed by atoms with E-state index in [1.807, 2.05) is 52.3 Å². The number of carbonyl (C=O) groups is 1. The number of imidazole rings is 1. The zero-order valence-corrected chi connectivity index (χ0v) is 13.9. The second-order valence-corrected chi connectivity index (χ2v) is 6.39. The van der Waals surface area contributed by atoms with Gasteiger partial charge < -0.3 is 14.0 Å². The lowest BCUT2D eigenvalue weighted by Gasteiger charge is -2.33. The number of nitriles is 1. The minimum Gasteiger partial charge on any atom is -0.335 e. The second-order valence-electron chi connectivity index (χ2n) is 6.39. The first kappa shape index (κ1) is 15.5. The van der Waals surface area contributed by atoms with Crippen molar-refractivity contribution in [3.63, 3.8) is 0 Å². The van der Waals surface area contributed by atoms with Crippen LogP contribution in [0.4, 0.5) is 0 Å². The molecule has 4 rings (SSSR count). The molecule has 6 heteroatoms. The topological polar surface area (TPSA) is 66.8 Å². The van der Waals surface area contributed by atoms with E-state index in [2.05, 4.69) is 15.6 Å². The number of para-hydroxylation sites is 1. The third-order valence-corrected chi connectivity index (χ3v) is 4.89. The number of piperidine rings is 1. The first-order valence-corrected chi connectivity index (χ1v) is 8.50. The number of nitrogens with zero attached hydrogens (tertiary/aromatic N) is 5. The Morgan fingerprint density at radius 2 is 2.24 bits per heavy atom. The summed E-state index contributed by atoms with van der Waals surface area (Å²) in [6, 6.07) is 12.1. The molecule has 3 aromatic rings. The lowest BCUT2D eigenvalue weighted by atomic mass is 10.1. The Morgan fingerprint density at radius 3 is 3.04 bits per heavy atom. The molecule has 126 valence electrons. The summed E-state index contributed by atoms with van der Waals surface area (Å²) >= 11 is 0. The summed E-state index contributed by atoms with van der Waals surface area (Å²) in [4.78, 5) is 19.2.